The third kappa shape index (κ3) is 1.35. The highest BCUT2D eigenvalue weighted by molar-refractivity contribution is 6.37. The molecule has 0 saturated heterocycles. The van der Waals surface area contributed by atoms with E-state index < -0.39 is 0 Å². The third-order valence-electron chi connectivity index (χ3n) is 2.21. The lowest BCUT2D eigenvalue weighted by Crippen LogP contribution is -2.02. The number of rotatable bonds is 2. The molecule has 0 spiro atoms. The first-order valence-electron chi connectivity index (χ1n) is 4.42. The Hall–Kier alpha value is -1.19. The Labute approximate surface area is 86.5 Å². The number of hydrogen-bond acceptors (Lipinski definition) is 2. The van der Waals surface area contributed by atoms with Gasteiger partial charge in [-0.15, -0.1) is 0 Å². The van der Waals surface area contributed by atoms with Gasteiger partial charge in [-0.2, -0.15) is 0 Å². The standard InChI is InChI=1S/C10H11ClN2O/c11-10-7(4-5-12)13-6-2-1-3-8(14)9(6)10/h1-3,13-14H,4-5,12H2. The second-order valence-electron chi connectivity index (χ2n) is 3.16. The maximum atomic E-state index is 9.60. The predicted octanol–water partition coefficient (Wildman–Crippen LogP) is 2.03. The number of nitrogens with two attached hydrogens (primary N) is 1. The Morgan fingerprint density at radius 3 is 2.86 bits per heavy atom. The highest BCUT2D eigenvalue weighted by Gasteiger charge is 2.11. The fourth-order valence-corrected chi connectivity index (χ4v) is 1.90. The molecule has 74 valence electrons. The van der Waals surface area contributed by atoms with Crippen molar-refractivity contribution in [1.29, 1.82) is 0 Å². The number of benzene rings is 1. The highest BCUT2D eigenvalue weighted by atomic mass is 35.5. The van der Waals surface area contributed by atoms with Crippen molar-refractivity contribution in [3.05, 3.63) is 28.9 Å². The largest absolute Gasteiger partial charge is 0.507 e. The lowest BCUT2D eigenvalue weighted by Gasteiger charge is -1.94. The van der Waals surface area contributed by atoms with Crippen molar-refractivity contribution in [3.8, 4) is 5.75 Å². The molecule has 0 aliphatic carbocycles. The van der Waals surface area contributed by atoms with Crippen LogP contribution in [0.25, 0.3) is 10.9 Å². The first kappa shape index (κ1) is 9.37. The summed E-state index contributed by atoms with van der Waals surface area (Å²) in [6.45, 7) is 0.535. The van der Waals surface area contributed by atoms with Crippen LogP contribution >= 0.6 is 11.6 Å². The topological polar surface area (TPSA) is 62.0 Å². The van der Waals surface area contributed by atoms with E-state index in [9.17, 15) is 5.11 Å². The van der Waals surface area contributed by atoms with E-state index in [1.165, 1.54) is 0 Å². The number of phenols is 1. The normalized spacial score (nSPS) is 11.0. The van der Waals surface area contributed by atoms with Crippen LogP contribution < -0.4 is 5.73 Å². The lowest BCUT2D eigenvalue weighted by atomic mass is 10.2. The van der Waals surface area contributed by atoms with Gasteiger partial charge >= 0.3 is 0 Å². The third-order valence-corrected chi connectivity index (χ3v) is 2.62. The molecule has 0 aliphatic rings. The number of H-pyrrole nitrogens is 1. The molecule has 0 unspecified atom stereocenters. The summed E-state index contributed by atoms with van der Waals surface area (Å²) in [5, 5.41) is 10.8. The molecule has 2 aromatic rings. The Bertz CT molecular complexity index is 464. The number of phenolic OH excluding ortho intramolecular Hbond substituents is 1. The van der Waals surface area contributed by atoms with Gasteiger partial charge in [-0.05, 0) is 18.7 Å². The second kappa shape index (κ2) is 3.52. The van der Waals surface area contributed by atoms with Gasteiger partial charge in [0.05, 0.1) is 15.9 Å². The Balaban J connectivity index is 2.68. The summed E-state index contributed by atoms with van der Waals surface area (Å²) in [6, 6.07) is 5.27. The quantitative estimate of drug-likeness (QED) is 0.710. The van der Waals surface area contributed by atoms with Crippen LogP contribution in [0.2, 0.25) is 5.02 Å². The Morgan fingerprint density at radius 2 is 2.21 bits per heavy atom. The molecule has 1 aromatic carbocycles. The molecule has 0 saturated carbocycles. The molecule has 2 rings (SSSR count). The van der Waals surface area contributed by atoms with Crippen LogP contribution in [0, 0.1) is 0 Å². The van der Waals surface area contributed by atoms with Gasteiger partial charge in [-0.3, -0.25) is 0 Å². The number of aromatic nitrogens is 1. The average Bonchev–Trinajstić information content (AvgIpc) is 2.46. The molecule has 1 heterocycles. The fourth-order valence-electron chi connectivity index (χ4n) is 1.56. The van der Waals surface area contributed by atoms with Gasteiger partial charge in [0, 0.05) is 12.1 Å². The molecule has 4 heteroatoms. The van der Waals surface area contributed by atoms with Crippen LogP contribution in [0.1, 0.15) is 5.69 Å². The Morgan fingerprint density at radius 1 is 1.43 bits per heavy atom. The number of nitrogens with one attached hydrogen (secondary N) is 1. The smallest absolute Gasteiger partial charge is 0.126 e. The van der Waals surface area contributed by atoms with Gasteiger partial charge in [-0.25, -0.2) is 0 Å². The van der Waals surface area contributed by atoms with E-state index in [0.29, 0.717) is 23.4 Å². The van der Waals surface area contributed by atoms with E-state index in [0.717, 1.165) is 11.2 Å². The number of aromatic amines is 1. The molecule has 0 bridgehead atoms. The van der Waals surface area contributed by atoms with Gasteiger partial charge in [0.1, 0.15) is 5.75 Å². The summed E-state index contributed by atoms with van der Waals surface area (Å²) >= 11 is 6.09. The van der Waals surface area contributed by atoms with E-state index in [2.05, 4.69) is 4.98 Å². The van der Waals surface area contributed by atoms with Gasteiger partial charge in [0.15, 0.2) is 0 Å². The molecule has 0 amide bonds. The molecular formula is C10H11ClN2O. The van der Waals surface area contributed by atoms with E-state index in [4.69, 9.17) is 17.3 Å². The Kier molecular flexibility index (Phi) is 2.35. The van der Waals surface area contributed by atoms with E-state index in [-0.39, 0.29) is 5.75 Å². The van der Waals surface area contributed by atoms with Crippen molar-refractivity contribution >= 4 is 22.5 Å². The molecule has 4 N–H and O–H groups in total. The van der Waals surface area contributed by atoms with Crippen LogP contribution in [0.15, 0.2) is 18.2 Å². The molecule has 3 nitrogen and oxygen atoms in total. The summed E-state index contributed by atoms with van der Waals surface area (Å²) in [5.41, 5.74) is 7.17. The zero-order valence-corrected chi connectivity index (χ0v) is 8.30. The van der Waals surface area contributed by atoms with Crippen molar-refractivity contribution in [1.82, 2.24) is 4.98 Å². The van der Waals surface area contributed by atoms with Crippen LogP contribution in [-0.2, 0) is 6.42 Å². The zero-order chi connectivity index (χ0) is 10.1. The molecular weight excluding hydrogens is 200 g/mol. The monoisotopic (exact) mass is 210 g/mol. The van der Waals surface area contributed by atoms with Crippen molar-refractivity contribution < 1.29 is 5.11 Å². The number of aromatic hydroxyl groups is 1. The minimum Gasteiger partial charge on any atom is -0.507 e. The number of halogens is 1. The maximum Gasteiger partial charge on any atom is 0.126 e. The van der Waals surface area contributed by atoms with Gasteiger partial charge < -0.3 is 15.8 Å². The predicted molar refractivity (Wildman–Crippen MR) is 57.7 cm³/mol. The van der Waals surface area contributed by atoms with Gasteiger partial charge in [-0.1, -0.05) is 17.7 Å². The fraction of sp³-hybridized carbons (Fsp3) is 0.200. The first-order chi connectivity index (χ1) is 6.74. The summed E-state index contributed by atoms with van der Waals surface area (Å²) in [6.07, 6.45) is 0.687. The summed E-state index contributed by atoms with van der Waals surface area (Å²) in [5.74, 6) is 0.201. The molecule has 0 aliphatic heterocycles. The SMILES string of the molecule is NCCc1[nH]c2cccc(O)c2c1Cl. The number of hydrogen-bond donors (Lipinski definition) is 3. The molecule has 0 atom stereocenters. The van der Waals surface area contributed by atoms with Crippen LogP contribution in [0.4, 0.5) is 0 Å². The minimum absolute atomic E-state index is 0.201. The molecule has 14 heavy (non-hydrogen) atoms. The zero-order valence-electron chi connectivity index (χ0n) is 7.55. The molecule has 0 radical (unpaired) electrons. The summed E-state index contributed by atoms with van der Waals surface area (Å²) in [4.78, 5) is 3.13. The molecule has 1 aromatic heterocycles. The molecule has 0 fully saturated rings. The van der Waals surface area contributed by atoms with E-state index in [1.807, 2.05) is 6.07 Å². The van der Waals surface area contributed by atoms with Crippen LogP contribution in [0.5, 0.6) is 5.75 Å². The van der Waals surface area contributed by atoms with Gasteiger partial charge in [0.2, 0.25) is 0 Å². The second-order valence-corrected chi connectivity index (χ2v) is 3.53. The summed E-state index contributed by atoms with van der Waals surface area (Å²) in [7, 11) is 0. The first-order valence-corrected chi connectivity index (χ1v) is 4.80. The van der Waals surface area contributed by atoms with Crippen molar-refractivity contribution in [2.45, 2.75) is 6.42 Å². The number of fused-ring (bicyclic) bond motifs is 1. The minimum atomic E-state index is 0.201. The van der Waals surface area contributed by atoms with Crippen LogP contribution in [0.3, 0.4) is 0 Å². The summed E-state index contributed by atoms with van der Waals surface area (Å²) < 4.78 is 0. The van der Waals surface area contributed by atoms with Crippen molar-refractivity contribution in [2.75, 3.05) is 6.54 Å². The van der Waals surface area contributed by atoms with E-state index in [1.54, 1.807) is 12.1 Å². The van der Waals surface area contributed by atoms with Crippen molar-refractivity contribution in [2.24, 2.45) is 5.73 Å². The van der Waals surface area contributed by atoms with Crippen molar-refractivity contribution in [3.63, 3.8) is 0 Å². The van der Waals surface area contributed by atoms with E-state index >= 15 is 0 Å². The van der Waals surface area contributed by atoms with Gasteiger partial charge in [0.25, 0.3) is 0 Å². The average molecular weight is 211 g/mol. The maximum absolute atomic E-state index is 9.60. The highest BCUT2D eigenvalue weighted by Crippen LogP contribution is 2.33. The van der Waals surface area contributed by atoms with Crippen LogP contribution in [-0.4, -0.2) is 16.6 Å². The lowest BCUT2D eigenvalue weighted by molar-refractivity contribution is 0.482.